The van der Waals surface area contributed by atoms with Gasteiger partial charge >= 0.3 is 0 Å². The summed E-state index contributed by atoms with van der Waals surface area (Å²) < 4.78 is 11.4. The summed E-state index contributed by atoms with van der Waals surface area (Å²) in [5.74, 6) is 1.16. The van der Waals surface area contributed by atoms with Crippen LogP contribution in [-0.2, 0) is 0 Å². The normalized spacial score (nSPS) is 16.0. The quantitative estimate of drug-likeness (QED) is 0.812. The Kier molecular flexibility index (Phi) is 2.98. The molecule has 1 aromatic rings. The minimum absolute atomic E-state index is 0.289. The highest BCUT2D eigenvalue weighted by atomic mass is 35.5. The molecule has 0 spiro atoms. The molecular weight excluding hydrogens is 226 g/mol. The standard InChI is InChI=1S/C12H16ClNO2/c1-12(2,3)16-11-10(15-9-4-5-9)6-8(13)7-14-11/h6-7,9H,4-5H2,1-3H3. The number of nitrogens with zero attached hydrogens (tertiary/aromatic N) is 1. The third-order valence-corrected chi connectivity index (χ3v) is 2.21. The van der Waals surface area contributed by atoms with Gasteiger partial charge in [0.2, 0.25) is 0 Å². The van der Waals surface area contributed by atoms with Crippen molar-refractivity contribution in [2.24, 2.45) is 0 Å². The number of hydrogen-bond acceptors (Lipinski definition) is 3. The van der Waals surface area contributed by atoms with Crippen LogP contribution in [0.1, 0.15) is 33.6 Å². The fourth-order valence-corrected chi connectivity index (χ4v) is 1.37. The van der Waals surface area contributed by atoms with Gasteiger partial charge in [-0.1, -0.05) is 11.6 Å². The molecule has 0 aromatic carbocycles. The molecule has 0 bridgehead atoms. The number of ether oxygens (including phenoxy) is 2. The van der Waals surface area contributed by atoms with E-state index < -0.39 is 0 Å². The van der Waals surface area contributed by atoms with Crippen molar-refractivity contribution in [2.45, 2.75) is 45.3 Å². The lowest BCUT2D eigenvalue weighted by Gasteiger charge is -2.22. The van der Waals surface area contributed by atoms with E-state index in [0.717, 1.165) is 12.8 Å². The third kappa shape index (κ3) is 3.27. The van der Waals surface area contributed by atoms with Crippen LogP contribution in [0.3, 0.4) is 0 Å². The van der Waals surface area contributed by atoms with E-state index in [1.54, 1.807) is 12.3 Å². The van der Waals surface area contributed by atoms with Gasteiger partial charge in [0.05, 0.1) is 11.1 Å². The molecule has 2 rings (SSSR count). The summed E-state index contributed by atoms with van der Waals surface area (Å²) >= 11 is 5.89. The Bertz CT molecular complexity index is 383. The molecule has 0 aliphatic heterocycles. The monoisotopic (exact) mass is 241 g/mol. The van der Waals surface area contributed by atoms with E-state index in [4.69, 9.17) is 21.1 Å². The van der Waals surface area contributed by atoms with Crippen LogP contribution >= 0.6 is 11.6 Å². The molecule has 4 heteroatoms. The van der Waals surface area contributed by atoms with Gasteiger partial charge in [-0.3, -0.25) is 0 Å². The predicted molar refractivity (Wildman–Crippen MR) is 63.3 cm³/mol. The van der Waals surface area contributed by atoms with E-state index >= 15 is 0 Å². The third-order valence-electron chi connectivity index (χ3n) is 2.01. The molecule has 0 atom stereocenters. The minimum atomic E-state index is -0.289. The van der Waals surface area contributed by atoms with Gasteiger partial charge in [-0.2, -0.15) is 0 Å². The van der Waals surface area contributed by atoms with Gasteiger partial charge in [-0.15, -0.1) is 0 Å². The summed E-state index contributed by atoms with van der Waals surface area (Å²) in [4.78, 5) is 4.17. The maximum Gasteiger partial charge on any atom is 0.257 e. The van der Waals surface area contributed by atoms with E-state index in [2.05, 4.69) is 4.98 Å². The van der Waals surface area contributed by atoms with Crippen molar-refractivity contribution < 1.29 is 9.47 Å². The van der Waals surface area contributed by atoms with E-state index in [1.165, 1.54) is 0 Å². The zero-order valence-corrected chi connectivity index (χ0v) is 10.5. The van der Waals surface area contributed by atoms with Crippen molar-refractivity contribution in [1.29, 1.82) is 0 Å². The molecule has 0 saturated heterocycles. The molecule has 1 aliphatic rings. The maximum atomic E-state index is 5.89. The Morgan fingerprint density at radius 3 is 2.62 bits per heavy atom. The summed E-state index contributed by atoms with van der Waals surface area (Å²) in [6.07, 6.45) is 4.08. The smallest absolute Gasteiger partial charge is 0.257 e. The minimum Gasteiger partial charge on any atom is -0.485 e. The highest BCUT2D eigenvalue weighted by Gasteiger charge is 2.26. The number of hydrogen-bond donors (Lipinski definition) is 0. The van der Waals surface area contributed by atoms with Crippen LogP contribution in [0.25, 0.3) is 0 Å². The lowest BCUT2D eigenvalue weighted by atomic mass is 10.2. The van der Waals surface area contributed by atoms with Gasteiger partial charge in [0.25, 0.3) is 5.88 Å². The second kappa shape index (κ2) is 4.13. The van der Waals surface area contributed by atoms with Crippen LogP contribution in [0.4, 0.5) is 0 Å². The maximum absolute atomic E-state index is 5.89. The Hall–Kier alpha value is -0.960. The number of rotatable bonds is 3. The van der Waals surface area contributed by atoms with Gasteiger partial charge in [0, 0.05) is 12.3 Å². The SMILES string of the molecule is CC(C)(C)Oc1ncc(Cl)cc1OC1CC1. The van der Waals surface area contributed by atoms with Gasteiger partial charge in [-0.05, 0) is 33.6 Å². The fourth-order valence-electron chi connectivity index (χ4n) is 1.22. The largest absolute Gasteiger partial charge is 0.485 e. The molecule has 0 unspecified atom stereocenters. The average Bonchev–Trinajstić information content (AvgIpc) is 2.91. The van der Waals surface area contributed by atoms with Crippen LogP contribution in [-0.4, -0.2) is 16.7 Å². The topological polar surface area (TPSA) is 31.4 Å². The second-order valence-electron chi connectivity index (χ2n) is 4.99. The van der Waals surface area contributed by atoms with Crippen molar-refractivity contribution >= 4 is 11.6 Å². The fraction of sp³-hybridized carbons (Fsp3) is 0.583. The lowest BCUT2D eigenvalue weighted by Crippen LogP contribution is -2.24. The predicted octanol–water partition coefficient (Wildman–Crippen LogP) is 3.45. The van der Waals surface area contributed by atoms with Crippen molar-refractivity contribution in [3.8, 4) is 11.6 Å². The van der Waals surface area contributed by atoms with Crippen molar-refractivity contribution in [3.63, 3.8) is 0 Å². The highest BCUT2D eigenvalue weighted by molar-refractivity contribution is 6.30. The summed E-state index contributed by atoms with van der Waals surface area (Å²) in [5, 5.41) is 0.567. The van der Waals surface area contributed by atoms with Crippen LogP contribution < -0.4 is 9.47 Å². The van der Waals surface area contributed by atoms with Crippen molar-refractivity contribution in [1.82, 2.24) is 4.98 Å². The molecule has 1 heterocycles. The first-order valence-electron chi connectivity index (χ1n) is 5.45. The molecule has 3 nitrogen and oxygen atoms in total. The number of aromatic nitrogens is 1. The molecule has 0 amide bonds. The molecule has 88 valence electrons. The molecule has 1 aliphatic carbocycles. The first kappa shape index (κ1) is 11.5. The Balaban J connectivity index is 2.20. The van der Waals surface area contributed by atoms with E-state index in [9.17, 15) is 0 Å². The second-order valence-corrected chi connectivity index (χ2v) is 5.42. The molecule has 16 heavy (non-hydrogen) atoms. The van der Waals surface area contributed by atoms with Gasteiger partial charge in [0.15, 0.2) is 5.75 Å². The molecule has 0 radical (unpaired) electrons. The summed E-state index contributed by atoms with van der Waals surface area (Å²) in [6.45, 7) is 5.93. The summed E-state index contributed by atoms with van der Waals surface area (Å²) in [6, 6.07) is 1.76. The van der Waals surface area contributed by atoms with Gasteiger partial charge < -0.3 is 9.47 Å². The lowest BCUT2D eigenvalue weighted by molar-refractivity contribution is 0.115. The molecule has 0 N–H and O–H groups in total. The zero-order chi connectivity index (χ0) is 11.8. The number of halogens is 1. The average molecular weight is 242 g/mol. The molecule has 1 fully saturated rings. The molecular formula is C12H16ClNO2. The van der Waals surface area contributed by atoms with Crippen LogP contribution in [0.15, 0.2) is 12.3 Å². The van der Waals surface area contributed by atoms with Crippen LogP contribution in [0.5, 0.6) is 11.6 Å². The summed E-state index contributed by atoms with van der Waals surface area (Å²) in [7, 11) is 0. The first-order chi connectivity index (χ1) is 7.44. The molecule has 1 saturated carbocycles. The van der Waals surface area contributed by atoms with E-state index in [0.29, 0.717) is 22.8 Å². The van der Waals surface area contributed by atoms with Crippen molar-refractivity contribution in [3.05, 3.63) is 17.3 Å². The van der Waals surface area contributed by atoms with E-state index in [-0.39, 0.29) is 5.60 Å². The van der Waals surface area contributed by atoms with Gasteiger partial charge in [0.1, 0.15) is 5.60 Å². The van der Waals surface area contributed by atoms with Crippen molar-refractivity contribution in [2.75, 3.05) is 0 Å². The summed E-state index contributed by atoms with van der Waals surface area (Å²) in [5.41, 5.74) is -0.289. The Labute approximate surface area is 101 Å². The van der Waals surface area contributed by atoms with Crippen LogP contribution in [0.2, 0.25) is 5.02 Å². The van der Waals surface area contributed by atoms with Gasteiger partial charge in [-0.25, -0.2) is 4.98 Å². The Morgan fingerprint density at radius 2 is 2.06 bits per heavy atom. The highest BCUT2D eigenvalue weighted by Crippen LogP contribution is 2.35. The number of pyridine rings is 1. The Morgan fingerprint density at radius 1 is 1.38 bits per heavy atom. The zero-order valence-electron chi connectivity index (χ0n) is 9.79. The van der Waals surface area contributed by atoms with E-state index in [1.807, 2.05) is 20.8 Å². The molecule has 1 aromatic heterocycles. The first-order valence-corrected chi connectivity index (χ1v) is 5.83. The van der Waals surface area contributed by atoms with Crippen LogP contribution in [0, 0.1) is 0 Å².